The number of carbonyl (C=O) groups is 2. The van der Waals surface area contributed by atoms with Crippen LogP contribution in [0.15, 0.2) is 42.5 Å². The van der Waals surface area contributed by atoms with Crippen molar-refractivity contribution in [1.82, 2.24) is 4.90 Å². The molecule has 0 unspecified atom stereocenters. The molecule has 2 amide bonds. The predicted molar refractivity (Wildman–Crippen MR) is 112 cm³/mol. The lowest BCUT2D eigenvalue weighted by Gasteiger charge is -2.35. The number of primary amides is 1. The smallest absolute Gasteiger partial charge is 0.291 e. The van der Waals surface area contributed by atoms with Gasteiger partial charge in [-0.1, -0.05) is 30.4 Å². The lowest BCUT2D eigenvalue weighted by Crippen LogP contribution is -2.43. The summed E-state index contributed by atoms with van der Waals surface area (Å²) in [7, 11) is 0. The van der Waals surface area contributed by atoms with Gasteiger partial charge in [-0.05, 0) is 60.2 Å². The number of hydrogen-bond acceptors (Lipinski definition) is 2. The molecule has 0 radical (unpaired) electrons. The molecule has 2 aromatic rings. The molecule has 0 saturated carbocycles. The van der Waals surface area contributed by atoms with Gasteiger partial charge in [0.2, 0.25) is 11.8 Å². The Morgan fingerprint density at radius 1 is 1.23 bits per heavy atom. The van der Waals surface area contributed by atoms with Crippen LogP contribution in [0.2, 0.25) is 0 Å². The van der Waals surface area contributed by atoms with Crippen molar-refractivity contribution < 1.29 is 22.8 Å². The van der Waals surface area contributed by atoms with Crippen LogP contribution in [-0.2, 0) is 23.7 Å². The molecule has 2 N–H and O–H groups in total. The van der Waals surface area contributed by atoms with E-state index in [1.165, 1.54) is 12.1 Å². The zero-order valence-electron chi connectivity index (χ0n) is 17.2. The van der Waals surface area contributed by atoms with Gasteiger partial charge in [0.1, 0.15) is 5.82 Å². The molecule has 0 spiro atoms. The molecule has 4 rings (SSSR count). The van der Waals surface area contributed by atoms with E-state index in [9.17, 15) is 9.59 Å². The Kier molecular flexibility index (Phi) is 4.80. The number of nitrogens with zero attached hydrogens (tertiary/aromatic N) is 1. The number of carbonyl (C=O) groups excluding carboxylic acids is 2. The van der Waals surface area contributed by atoms with E-state index in [1.54, 1.807) is 13.0 Å². The van der Waals surface area contributed by atoms with Gasteiger partial charge >= 0.3 is 0 Å². The summed E-state index contributed by atoms with van der Waals surface area (Å²) in [5.74, 6) is -5.53. The predicted octanol–water partition coefficient (Wildman–Crippen LogP) is 4.56. The van der Waals surface area contributed by atoms with E-state index < -0.39 is 30.1 Å². The Bertz CT molecular complexity index is 1200. The highest BCUT2D eigenvalue weighted by Gasteiger charge is 2.44. The molecule has 4 nitrogen and oxygen atoms in total. The van der Waals surface area contributed by atoms with Gasteiger partial charge in [0.05, 0.1) is 6.54 Å². The first-order valence-electron chi connectivity index (χ1n) is 9.80. The summed E-state index contributed by atoms with van der Waals surface area (Å²) in [6, 6.07) is 5.58. The summed E-state index contributed by atoms with van der Waals surface area (Å²) in [5, 5.41) is 0. The monoisotopic (exact) mass is 426 g/mol. The lowest BCUT2D eigenvalue weighted by molar-refractivity contribution is -0.135. The number of hydrogen-bond donors (Lipinski definition) is 1. The second kappa shape index (κ2) is 7.11. The Labute approximate surface area is 177 Å². The first-order valence-corrected chi connectivity index (χ1v) is 9.80. The highest BCUT2D eigenvalue weighted by molar-refractivity contribution is 6.00. The van der Waals surface area contributed by atoms with Gasteiger partial charge in [-0.3, -0.25) is 9.59 Å². The third-order valence-electron chi connectivity index (χ3n) is 6.13. The van der Waals surface area contributed by atoms with Crippen molar-refractivity contribution in [3.8, 4) is 11.1 Å². The Morgan fingerprint density at radius 2 is 1.94 bits per heavy atom. The SMILES string of the molecule is C=CC(=O)N1Cc2cccc(-c3c(F)cc(C(N)=O)c4c3C(C)=C(C)C4)c2C(F)(F)C1. The zero-order valence-corrected chi connectivity index (χ0v) is 17.2. The van der Waals surface area contributed by atoms with Gasteiger partial charge in [0.25, 0.3) is 5.92 Å². The molecule has 31 heavy (non-hydrogen) atoms. The molecule has 1 aliphatic heterocycles. The van der Waals surface area contributed by atoms with E-state index in [4.69, 9.17) is 5.73 Å². The van der Waals surface area contributed by atoms with Crippen molar-refractivity contribution in [2.75, 3.05) is 6.54 Å². The van der Waals surface area contributed by atoms with Crippen LogP contribution in [0, 0.1) is 5.82 Å². The third-order valence-corrected chi connectivity index (χ3v) is 6.13. The minimum atomic E-state index is -3.39. The largest absolute Gasteiger partial charge is 0.366 e. The van der Waals surface area contributed by atoms with Crippen LogP contribution in [0.3, 0.4) is 0 Å². The van der Waals surface area contributed by atoms with Crippen molar-refractivity contribution >= 4 is 17.4 Å². The maximum absolute atomic E-state index is 15.4. The highest BCUT2D eigenvalue weighted by atomic mass is 19.3. The summed E-state index contributed by atoms with van der Waals surface area (Å²) >= 11 is 0. The molecule has 0 saturated heterocycles. The number of benzene rings is 2. The van der Waals surface area contributed by atoms with E-state index in [-0.39, 0.29) is 34.4 Å². The number of alkyl halides is 2. The second-order valence-corrected chi connectivity index (χ2v) is 8.02. The molecular formula is C24H21F3N2O2. The van der Waals surface area contributed by atoms with Gasteiger partial charge in [0.15, 0.2) is 0 Å². The van der Waals surface area contributed by atoms with Crippen LogP contribution in [0.25, 0.3) is 16.7 Å². The normalized spacial score (nSPS) is 16.7. The highest BCUT2D eigenvalue weighted by Crippen LogP contribution is 2.48. The van der Waals surface area contributed by atoms with E-state index >= 15 is 13.2 Å². The van der Waals surface area contributed by atoms with Crippen LogP contribution in [0.4, 0.5) is 13.2 Å². The Morgan fingerprint density at radius 3 is 2.58 bits per heavy atom. The third kappa shape index (κ3) is 3.15. The second-order valence-electron chi connectivity index (χ2n) is 8.02. The van der Waals surface area contributed by atoms with Crippen LogP contribution in [-0.4, -0.2) is 23.3 Å². The van der Waals surface area contributed by atoms with Crippen LogP contribution in [0.1, 0.15) is 46.5 Å². The van der Waals surface area contributed by atoms with Crippen LogP contribution >= 0.6 is 0 Å². The standard InChI is InChI=1S/C24H21F3N2O2/c1-4-19(30)29-10-14-6-5-7-15(22(14)24(26,27)11-29)21-18(25)9-17(23(28)31)16-8-12(2)13(3)20(16)21/h4-7,9H,1,8,10-11H2,2-3H3,(H2,28,31). The fourth-order valence-electron chi connectivity index (χ4n) is 4.62. The average molecular weight is 426 g/mol. The van der Waals surface area contributed by atoms with Crippen LogP contribution in [0.5, 0.6) is 0 Å². The van der Waals surface area contributed by atoms with Gasteiger partial charge in [-0.25, -0.2) is 4.39 Å². The molecule has 2 aromatic carbocycles. The quantitative estimate of drug-likeness (QED) is 0.732. The topological polar surface area (TPSA) is 63.4 Å². The van der Waals surface area contributed by atoms with Crippen molar-refractivity contribution in [3.05, 3.63) is 76.1 Å². The lowest BCUT2D eigenvalue weighted by atomic mass is 9.83. The first-order chi connectivity index (χ1) is 14.6. The maximum atomic E-state index is 15.4. The maximum Gasteiger partial charge on any atom is 0.291 e. The fraction of sp³-hybridized carbons (Fsp3) is 0.250. The van der Waals surface area contributed by atoms with Crippen LogP contribution < -0.4 is 5.73 Å². The van der Waals surface area contributed by atoms with Crippen molar-refractivity contribution in [2.45, 2.75) is 32.7 Å². The van der Waals surface area contributed by atoms with Crippen molar-refractivity contribution in [2.24, 2.45) is 5.73 Å². The van der Waals surface area contributed by atoms with E-state index in [0.29, 0.717) is 17.5 Å². The summed E-state index contributed by atoms with van der Waals surface area (Å²) in [5.41, 5.74) is 8.22. The van der Waals surface area contributed by atoms with Gasteiger partial charge < -0.3 is 10.6 Å². The number of rotatable bonds is 3. The summed E-state index contributed by atoms with van der Waals surface area (Å²) in [4.78, 5) is 24.9. The molecule has 0 bridgehead atoms. The van der Waals surface area contributed by atoms with Gasteiger partial charge in [-0.2, -0.15) is 8.78 Å². The first kappa shape index (κ1) is 20.9. The molecule has 0 atom stereocenters. The van der Waals surface area contributed by atoms with Crippen molar-refractivity contribution in [3.63, 3.8) is 0 Å². The molecule has 160 valence electrons. The summed E-state index contributed by atoms with van der Waals surface area (Å²) < 4.78 is 46.0. The molecule has 1 aliphatic carbocycles. The average Bonchev–Trinajstić information content (AvgIpc) is 3.00. The molecule has 0 aromatic heterocycles. The molecule has 2 aliphatic rings. The Hall–Kier alpha value is -3.35. The number of nitrogens with two attached hydrogens (primary N) is 1. The Balaban J connectivity index is 2.01. The molecule has 7 heteroatoms. The van der Waals surface area contributed by atoms with Gasteiger partial charge in [-0.15, -0.1) is 0 Å². The molecular weight excluding hydrogens is 405 g/mol. The number of amides is 2. The zero-order chi connectivity index (χ0) is 22.7. The number of allylic oxidation sites excluding steroid dienone is 2. The minimum absolute atomic E-state index is 0.0271. The van der Waals surface area contributed by atoms with E-state index in [2.05, 4.69) is 6.58 Å². The van der Waals surface area contributed by atoms with E-state index in [1.807, 2.05) is 6.92 Å². The molecule has 0 fully saturated rings. The van der Waals surface area contributed by atoms with E-state index in [0.717, 1.165) is 28.2 Å². The van der Waals surface area contributed by atoms with Crippen molar-refractivity contribution in [1.29, 1.82) is 0 Å². The number of fused-ring (bicyclic) bond motifs is 2. The van der Waals surface area contributed by atoms with Gasteiger partial charge in [0, 0.05) is 23.2 Å². The molecule has 1 heterocycles. The fourth-order valence-corrected chi connectivity index (χ4v) is 4.62. The minimum Gasteiger partial charge on any atom is -0.366 e. The summed E-state index contributed by atoms with van der Waals surface area (Å²) in [6.07, 6.45) is 1.40. The summed E-state index contributed by atoms with van der Waals surface area (Å²) in [6.45, 7) is 6.16. The number of halogens is 3.